The Balaban J connectivity index is 1.66. The lowest BCUT2D eigenvalue weighted by Crippen LogP contribution is -2.21. The van der Waals surface area contributed by atoms with E-state index in [1.165, 1.54) is 24.3 Å². The molecule has 0 atom stereocenters. The summed E-state index contributed by atoms with van der Waals surface area (Å²) in [6.45, 7) is 0. The van der Waals surface area contributed by atoms with Gasteiger partial charge in [-0.25, -0.2) is 19.4 Å². The molecular formula is C15H8O5. The topological polar surface area (TPSA) is 69.7 Å². The average molecular weight is 268 g/mol. The maximum atomic E-state index is 11.7. The summed E-state index contributed by atoms with van der Waals surface area (Å²) in [5.74, 6) is -1.85. The maximum Gasteiger partial charge on any atom is 0.387 e. The summed E-state index contributed by atoms with van der Waals surface area (Å²) < 4.78 is 0. The first-order valence-corrected chi connectivity index (χ1v) is 5.84. The summed E-state index contributed by atoms with van der Waals surface area (Å²) in [6.07, 6.45) is 0. The third kappa shape index (κ3) is 1.95. The standard InChI is InChI=1S/C15H8O5/c16-13-10-6-7-11(12(13)8-10)15(18)20-19-14(17)9-4-2-1-3-5-9/h1-8H. The molecule has 0 unspecified atom stereocenters. The van der Waals surface area contributed by atoms with Crippen molar-refractivity contribution >= 4 is 17.7 Å². The molecule has 5 nitrogen and oxygen atoms in total. The van der Waals surface area contributed by atoms with Gasteiger partial charge in [-0.3, -0.25) is 4.79 Å². The van der Waals surface area contributed by atoms with Crippen molar-refractivity contribution < 1.29 is 24.2 Å². The van der Waals surface area contributed by atoms with E-state index in [0.29, 0.717) is 5.56 Å². The van der Waals surface area contributed by atoms with E-state index in [1.54, 1.807) is 24.3 Å². The van der Waals surface area contributed by atoms with Crippen molar-refractivity contribution in [1.82, 2.24) is 0 Å². The highest BCUT2D eigenvalue weighted by Gasteiger charge is 2.28. The first-order valence-electron chi connectivity index (χ1n) is 5.84. The zero-order valence-electron chi connectivity index (χ0n) is 10.2. The molecule has 2 aliphatic carbocycles. The van der Waals surface area contributed by atoms with Crippen LogP contribution in [0.1, 0.15) is 36.6 Å². The smallest absolute Gasteiger partial charge is 0.289 e. The summed E-state index contributed by atoms with van der Waals surface area (Å²) in [5.41, 5.74) is 1.19. The van der Waals surface area contributed by atoms with Gasteiger partial charge in [-0.2, -0.15) is 0 Å². The molecule has 0 radical (unpaired) electrons. The van der Waals surface area contributed by atoms with Crippen LogP contribution < -0.4 is 0 Å². The molecule has 5 heteroatoms. The Morgan fingerprint density at radius 2 is 1.55 bits per heavy atom. The van der Waals surface area contributed by atoms with Crippen molar-refractivity contribution in [1.29, 1.82) is 0 Å². The Labute approximate surface area is 113 Å². The third-order valence-corrected chi connectivity index (χ3v) is 2.95. The minimum atomic E-state index is -0.871. The van der Waals surface area contributed by atoms with Gasteiger partial charge >= 0.3 is 11.9 Å². The van der Waals surface area contributed by atoms with Crippen molar-refractivity contribution in [3.63, 3.8) is 0 Å². The van der Waals surface area contributed by atoms with E-state index in [2.05, 4.69) is 9.78 Å². The number of hydrogen-bond acceptors (Lipinski definition) is 5. The van der Waals surface area contributed by atoms with Gasteiger partial charge in [0.05, 0.1) is 11.1 Å². The van der Waals surface area contributed by atoms with E-state index in [0.717, 1.165) is 0 Å². The zero-order valence-corrected chi connectivity index (χ0v) is 10.2. The molecule has 0 saturated heterocycles. The molecule has 0 N–H and O–H groups in total. The van der Waals surface area contributed by atoms with Gasteiger partial charge in [0.1, 0.15) is 0 Å². The lowest BCUT2D eigenvalue weighted by atomic mass is 9.87. The second-order valence-electron chi connectivity index (χ2n) is 4.20. The van der Waals surface area contributed by atoms with Crippen LogP contribution in [0.4, 0.5) is 0 Å². The molecule has 0 spiro atoms. The number of hydrogen-bond donors (Lipinski definition) is 0. The van der Waals surface area contributed by atoms with Crippen molar-refractivity contribution in [2.75, 3.05) is 0 Å². The highest BCUT2D eigenvalue weighted by Crippen LogP contribution is 2.25. The molecule has 98 valence electrons. The van der Waals surface area contributed by atoms with E-state index >= 15 is 0 Å². The lowest BCUT2D eigenvalue weighted by Gasteiger charge is -2.15. The molecule has 0 saturated carbocycles. The quantitative estimate of drug-likeness (QED) is 0.526. The third-order valence-electron chi connectivity index (χ3n) is 2.95. The minimum absolute atomic E-state index is 0.0888. The van der Waals surface area contributed by atoms with Crippen molar-refractivity contribution in [3.8, 4) is 0 Å². The van der Waals surface area contributed by atoms with Crippen molar-refractivity contribution in [3.05, 3.63) is 70.8 Å². The van der Waals surface area contributed by atoms with Crippen LogP contribution in [-0.4, -0.2) is 17.7 Å². The van der Waals surface area contributed by atoms with Gasteiger partial charge in [0.15, 0.2) is 5.78 Å². The fourth-order valence-corrected chi connectivity index (χ4v) is 1.87. The van der Waals surface area contributed by atoms with Crippen LogP contribution in [-0.2, 0) is 9.78 Å². The van der Waals surface area contributed by atoms with Crippen LogP contribution in [0.3, 0.4) is 0 Å². The molecule has 0 fully saturated rings. The minimum Gasteiger partial charge on any atom is -0.289 e. The number of fused-ring (bicyclic) bond motifs is 2. The molecule has 2 aliphatic rings. The van der Waals surface area contributed by atoms with Crippen LogP contribution in [0.15, 0.2) is 48.5 Å². The van der Waals surface area contributed by atoms with Gasteiger partial charge in [-0.05, 0) is 24.3 Å². The number of benzene rings is 2. The zero-order chi connectivity index (χ0) is 14.1. The summed E-state index contributed by atoms with van der Waals surface area (Å²) in [4.78, 5) is 43.6. The molecule has 2 aromatic carbocycles. The van der Waals surface area contributed by atoms with Crippen LogP contribution in [0.5, 0.6) is 0 Å². The Kier molecular flexibility index (Phi) is 2.80. The summed E-state index contributed by atoms with van der Waals surface area (Å²) in [6, 6.07) is 12.7. The number of rotatable bonds is 2. The number of ketones is 1. The van der Waals surface area contributed by atoms with Crippen LogP contribution in [0.25, 0.3) is 0 Å². The first-order chi connectivity index (χ1) is 9.66. The Morgan fingerprint density at radius 1 is 0.850 bits per heavy atom. The predicted octanol–water partition coefficient (Wildman–Crippen LogP) is 2.16. The van der Waals surface area contributed by atoms with E-state index in [4.69, 9.17) is 0 Å². The van der Waals surface area contributed by atoms with E-state index in [9.17, 15) is 14.4 Å². The average Bonchev–Trinajstić information content (AvgIpc) is 2.52. The predicted molar refractivity (Wildman–Crippen MR) is 67.1 cm³/mol. The van der Waals surface area contributed by atoms with Gasteiger partial charge in [0, 0.05) is 11.1 Å². The van der Waals surface area contributed by atoms with E-state index in [-0.39, 0.29) is 22.5 Å². The highest BCUT2D eigenvalue weighted by atomic mass is 17.2. The first kappa shape index (κ1) is 12.1. The van der Waals surface area contributed by atoms with Crippen LogP contribution in [0.2, 0.25) is 0 Å². The summed E-state index contributed by atoms with van der Waals surface area (Å²) in [7, 11) is 0. The maximum absolute atomic E-state index is 11.7. The Bertz CT molecular complexity index is 715. The molecule has 20 heavy (non-hydrogen) atoms. The van der Waals surface area contributed by atoms with Gasteiger partial charge in [-0.1, -0.05) is 24.3 Å². The fourth-order valence-electron chi connectivity index (χ4n) is 1.87. The van der Waals surface area contributed by atoms with Gasteiger partial charge in [0.2, 0.25) is 0 Å². The van der Waals surface area contributed by atoms with Gasteiger partial charge < -0.3 is 0 Å². The fraction of sp³-hybridized carbons (Fsp3) is 0. The number of carbonyl (C=O) groups is 3. The monoisotopic (exact) mass is 268 g/mol. The molecule has 0 aromatic heterocycles. The molecule has 0 aliphatic heterocycles. The van der Waals surface area contributed by atoms with Crippen molar-refractivity contribution in [2.45, 2.75) is 0 Å². The second kappa shape index (κ2) is 4.62. The SMILES string of the molecule is O=C(OOC(=O)c1ccc2cc1C2=O)c1ccccc1. The molecule has 2 aromatic rings. The Morgan fingerprint density at radius 3 is 2.20 bits per heavy atom. The van der Waals surface area contributed by atoms with Crippen molar-refractivity contribution in [2.24, 2.45) is 0 Å². The van der Waals surface area contributed by atoms with Gasteiger partial charge in [-0.15, -0.1) is 0 Å². The highest BCUT2D eigenvalue weighted by molar-refractivity contribution is 6.21. The Hall–Kier alpha value is -2.95. The molecule has 2 bridgehead atoms. The lowest BCUT2D eigenvalue weighted by molar-refractivity contribution is -0.187. The van der Waals surface area contributed by atoms with E-state index in [1.807, 2.05) is 0 Å². The van der Waals surface area contributed by atoms with Crippen LogP contribution in [0, 0.1) is 0 Å². The normalized spacial score (nSPS) is 11.5. The summed E-state index contributed by atoms with van der Waals surface area (Å²) >= 11 is 0. The molecule has 0 heterocycles. The molecule has 4 rings (SSSR count). The molecular weight excluding hydrogens is 260 g/mol. The largest absolute Gasteiger partial charge is 0.387 e. The second-order valence-corrected chi connectivity index (χ2v) is 4.20. The van der Waals surface area contributed by atoms with Gasteiger partial charge in [0.25, 0.3) is 0 Å². The van der Waals surface area contributed by atoms with E-state index < -0.39 is 11.9 Å². The van der Waals surface area contributed by atoms with Crippen LogP contribution >= 0.6 is 0 Å². The molecule has 0 amide bonds. The summed E-state index contributed by atoms with van der Waals surface area (Å²) in [5, 5.41) is 0. The number of carbonyl (C=O) groups excluding carboxylic acids is 3.